The minimum absolute atomic E-state index is 0.106. The van der Waals surface area contributed by atoms with E-state index in [1.54, 1.807) is 0 Å². The fourth-order valence-electron chi connectivity index (χ4n) is 4.46. The molecule has 0 saturated carbocycles. The summed E-state index contributed by atoms with van der Waals surface area (Å²) in [5.74, 6) is -0.679. The topological polar surface area (TPSA) is 28.3 Å². The largest absolute Gasteiger partial charge is 0.576 e. The molecule has 2 aromatic heterocycles. The molecule has 0 aliphatic rings. The quantitative estimate of drug-likeness (QED) is 0.230. The number of nitrogens with zero attached hydrogens (tertiary/aromatic N) is 2. The van der Waals surface area contributed by atoms with Crippen LogP contribution >= 0.6 is 0 Å². The SMILES string of the molecule is CC(C)(C)[Si](C)(C)n1ccc2c(OBOc3c(F)ccc4c3ccn4[Si](C)(C)C(C)(C)C)c(F)ccc21. The Morgan fingerprint density at radius 2 is 0.973 bits per heavy atom. The smallest absolute Gasteiger partial charge is 0.526 e. The van der Waals surface area contributed by atoms with Crippen LogP contribution in [-0.4, -0.2) is 32.6 Å². The highest BCUT2D eigenvalue weighted by molar-refractivity contribution is 6.79. The highest BCUT2D eigenvalue weighted by atomic mass is 28.3. The molecule has 37 heavy (non-hydrogen) atoms. The maximum absolute atomic E-state index is 14.9. The van der Waals surface area contributed by atoms with Crippen molar-refractivity contribution in [2.45, 2.75) is 77.8 Å². The molecule has 4 nitrogen and oxygen atoms in total. The van der Waals surface area contributed by atoms with E-state index in [4.69, 9.17) is 9.31 Å². The van der Waals surface area contributed by atoms with Gasteiger partial charge in [0.2, 0.25) is 0 Å². The summed E-state index contributed by atoms with van der Waals surface area (Å²) in [6, 6.07) is 10.3. The van der Waals surface area contributed by atoms with E-state index in [1.165, 1.54) is 12.1 Å². The summed E-state index contributed by atoms with van der Waals surface area (Å²) < 4.78 is 46.1. The molecule has 0 radical (unpaired) electrons. The highest BCUT2D eigenvalue weighted by Crippen LogP contribution is 2.42. The molecular weight excluding hydrogens is 501 g/mol. The predicted molar refractivity (Wildman–Crippen MR) is 157 cm³/mol. The third-order valence-electron chi connectivity index (χ3n) is 8.83. The molecule has 0 unspecified atom stereocenters. The normalized spacial score (nSPS) is 13.4. The number of hydrogen-bond donors (Lipinski definition) is 0. The summed E-state index contributed by atoms with van der Waals surface area (Å²) in [5, 5.41) is 1.59. The van der Waals surface area contributed by atoms with Gasteiger partial charge in [0, 0.05) is 21.8 Å². The van der Waals surface area contributed by atoms with Gasteiger partial charge in [-0.05, 0) is 58.9 Å². The van der Waals surface area contributed by atoms with Crippen LogP contribution in [0.25, 0.3) is 21.8 Å². The zero-order valence-electron chi connectivity index (χ0n) is 23.8. The maximum atomic E-state index is 14.9. The van der Waals surface area contributed by atoms with Crippen LogP contribution in [0.5, 0.6) is 11.5 Å². The van der Waals surface area contributed by atoms with Gasteiger partial charge in [-0.2, -0.15) is 0 Å². The third kappa shape index (κ3) is 4.54. The van der Waals surface area contributed by atoms with E-state index in [1.807, 2.05) is 36.7 Å². The number of rotatable bonds is 6. The molecule has 0 N–H and O–H groups in total. The number of halogens is 2. The Morgan fingerprint density at radius 3 is 1.30 bits per heavy atom. The first-order valence-electron chi connectivity index (χ1n) is 12.8. The van der Waals surface area contributed by atoms with Gasteiger partial charge in [-0.15, -0.1) is 0 Å². The summed E-state index contributed by atoms with van der Waals surface area (Å²) in [6.45, 7) is 22.7. The molecule has 0 aliphatic heterocycles. The van der Waals surface area contributed by atoms with Crippen molar-refractivity contribution < 1.29 is 18.1 Å². The lowest BCUT2D eigenvalue weighted by molar-refractivity contribution is 0.427. The van der Waals surface area contributed by atoms with Crippen molar-refractivity contribution >= 4 is 46.0 Å². The van der Waals surface area contributed by atoms with Crippen molar-refractivity contribution in [3.05, 3.63) is 60.4 Å². The van der Waals surface area contributed by atoms with Crippen molar-refractivity contribution in [2.75, 3.05) is 0 Å². The van der Waals surface area contributed by atoms with Crippen LogP contribution in [0.15, 0.2) is 48.8 Å². The van der Waals surface area contributed by atoms with Gasteiger partial charge in [0.1, 0.15) is 11.5 Å². The van der Waals surface area contributed by atoms with Gasteiger partial charge >= 0.3 is 7.69 Å². The molecule has 0 fully saturated rings. The Balaban J connectivity index is 1.65. The fraction of sp³-hybridized carbons (Fsp3) is 0.429. The van der Waals surface area contributed by atoms with Gasteiger partial charge in [0.15, 0.2) is 28.1 Å². The molecule has 2 heterocycles. The van der Waals surface area contributed by atoms with Crippen molar-refractivity contribution in [3.8, 4) is 11.5 Å². The summed E-state index contributed by atoms with van der Waals surface area (Å²) in [5.41, 5.74) is 1.87. The van der Waals surface area contributed by atoms with Crippen LogP contribution in [0.1, 0.15) is 41.5 Å². The Labute approximate surface area is 222 Å². The molecule has 0 saturated heterocycles. The molecule has 4 rings (SSSR count). The molecule has 0 aliphatic carbocycles. The fourth-order valence-corrected chi connectivity index (χ4v) is 8.40. The maximum Gasteiger partial charge on any atom is 0.576 e. The zero-order valence-corrected chi connectivity index (χ0v) is 25.8. The van der Waals surface area contributed by atoms with Gasteiger partial charge in [-0.25, -0.2) is 8.78 Å². The zero-order chi connectivity index (χ0) is 27.6. The van der Waals surface area contributed by atoms with Crippen molar-refractivity contribution in [1.29, 1.82) is 0 Å². The molecule has 2 aromatic carbocycles. The second-order valence-electron chi connectivity index (χ2n) is 13.0. The molecule has 9 heteroatoms. The van der Waals surface area contributed by atoms with E-state index in [0.717, 1.165) is 11.0 Å². The Bertz CT molecular complexity index is 1350. The summed E-state index contributed by atoms with van der Waals surface area (Å²) in [7, 11) is -4.15. The van der Waals surface area contributed by atoms with Gasteiger partial charge in [0.25, 0.3) is 0 Å². The second kappa shape index (κ2) is 9.05. The van der Waals surface area contributed by atoms with Gasteiger partial charge in [-0.3, -0.25) is 0 Å². The Morgan fingerprint density at radius 1 is 0.622 bits per heavy atom. The minimum Gasteiger partial charge on any atom is -0.526 e. The van der Waals surface area contributed by atoms with E-state index < -0.39 is 28.1 Å². The van der Waals surface area contributed by atoms with Crippen molar-refractivity contribution in [2.24, 2.45) is 0 Å². The first-order valence-corrected chi connectivity index (χ1v) is 18.7. The molecule has 198 valence electrons. The van der Waals surface area contributed by atoms with Crippen LogP contribution in [0, 0.1) is 11.6 Å². The molecular formula is C28H39BF2N2O2Si2. The first kappa shape index (κ1) is 27.5. The van der Waals surface area contributed by atoms with Crippen LogP contribution < -0.4 is 9.31 Å². The molecule has 0 bridgehead atoms. The first-order chi connectivity index (χ1) is 17.0. The molecule has 0 atom stereocenters. The molecule has 0 spiro atoms. The second-order valence-corrected chi connectivity index (χ2v) is 23.2. The lowest BCUT2D eigenvalue weighted by Crippen LogP contribution is -2.44. The van der Waals surface area contributed by atoms with Crippen LogP contribution in [0.3, 0.4) is 0 Å². The number of benzene rings is 2. The minimum atomic E-state index is -1.92. The standard InChI is InChI=1S/C28H39BF2N2O2Si2/c1-27(2,3)36(7,8)32-17-15-19-23(32)13-11-21(30)25(19)34-29-35-26-20-16-18-33(24(20)14-12-22(26)31)37(9,10)28(4,5)6/h11-18,29H,1-10H3. The average molecular weight is 541 g/mol. The van der Waals surface area contributed by atoms with Crippen LogP contribution in [-0.2, 0) is 0 Å². The van der Waals surface area contributed by atoms with Crippen LogP contribution in [0.2, 0.25) is 36.3 Å². The molecule has 0 amide bonds. The average Bonchev–Trinajstić information content (AvgIpc) is 3.40. The number of aromatic nitrogens is 2. The monoisotopic (exact) mass is 540 g/mol. The van der Waals surface area contributed by atoms with E-state index >= 15 is 0 Å². The van der Waals surface area contributed by atoms with E-state index in [-0.39, 0.29) is 29.3 Å². The van der Waals surface area contributed by atoms with E-state index in [9.17, 15) is 8.78 Å². The molecule has 4 aromatic rings. The van der Waals surface area contributed by atoms with Crippen molar-refractivity contribution in [3.63, 3.8) is 0 Å². The number of hydrogen-bond acceptors (Lipinski definition) is 2. The lowest BCUT2D eigenvalue weighted by atomic mass is 10.2. The third-order valence-corrected chi connectivity index (χ3v) is 19.4. The Kier molecular flexibility index (Phi) is 6.73. The van der Waals surface area contributed by atoms with Gasteiger partial charge < -0.3 is 17.8 Å². The summed E-state index contributed by atoms with van der Waals surface area (Å²) >= 11 is 0. The summed E-state index contributed by atoms with van der Waals surface area (Å²) in [6.07, 6.45) is 4.05. The lowest BCUT2D eigenvalue weighted by Gasteiger charge is -2.38. The van der Waals surface area contributed by atoms with Crippen LogP contribution in [0.4, 0.5) is 8.78 Å². The van der Waals surface area contributed by atoms with E-state index in [2.05, 4.69) is 76.2 Å². The summed E-state index contributed by atoms with van der Waals surface area (Å²) in [4.78, 5) is 0. The van der Waals surface area contributed by atoms with E-state index in [0.29, 0.717) is 10.8 Å². The van der Waals surface area contributed by atoms with Gasteiger partial charge in [-0.1, -0.05) is 67.7 Å². The van der Waals surface area contributed by atoms with Crippen molar-refractivity contribution in [1.82, 2.24) is 8.47 Å². The Hall–Kier alpha value is -2.52. The highest BCUT2D eigenvalue weighted by Gasteiger charge is 2.39. The number of fused-ring (bicyclic) bond motifs is 2. The van der Waals surface area contributed by atoms with Gasteiger partial charge in [0.05, 0.1) is 0 Å². The predicted octanol–water partition coefficient (Wildman–Crippen LogP) is 8.31.